The van der Waals surface area contributed by atoms with Gasteiger partial charge in [0, 0.05) is 10.8 Å². The summed E-state index contributed by atoms with van der Waals surface area (Å²) in [4.78, 5) is 0. The molecule has 4 fully saturated rings. The molecular weight excluding hydrogens is 970 g/mol. The molecule has 0 heterocycles. The number of halogens is 4. The minimum absolute atomic E-state index is 0. The van der Waals surface area contributed by atoms with E-state index < -0.39 is 28.9 Å². The van der Waals surface area contributed by atoms with Crippen molar-refractivity contribution in [2.75, 3.05) is 0 Å². The van der Waals surface area contributed by atoms with Crippen molar-refractivity contribution in [3.05, 3.63) is 166 Å². The van der Waals surface area contributed by atoms with Crippen LogP contribution in [-0.4, -0.2) is 18.8 Å². The van der Waals surface area contributed by atoms with Gasteiger partial charge in [-0.25, -0.2) is 0 Å². The van der Waals surface area contributed by atoms with Crippen molar-refractivity contribution >= 4 is 96.6 Å². The molecule has 4 saturated carbocycles. The van der Waals surface area contributed by atoms with Crippen LogP contribution >= 0.6 is 40.2 Å². The molecule has 0 aliphatic heterocycles. The van der Waals surface area contributed by atoms with Crippen molar-refractivity contribution in [2.45, 2.75) is 105 Å². The van der Waals surface area contributed by atoms with E-state index in [0.29, 0.717) is 58.4 Å². The zero-order valence-corrected chi connectivity index (χ0v) is 45.4. The molecule has 0 saturated heterocycles. The minimum atomic E-state index is -2.28. The molecule has 338 valence electrons. The molecule has 0 amide bonds. The third-order valence-electron chi connectivity index (χ3n) is 17.5. The Balaban J connectivity index is 0.00000112. The first-order chi connectivity index (χ1) is 30.8. The van der Waals surface area contributed by atoms with Crippen LogP contribution in [0.4, 0.5) is 0 Å². The second-order valence-electron chi connectivity index (χ2n) is 20.1. The standard InChI is InChI=1S/C57H60Cl2Si.2CH3.2ClH.Zr/c1-4-35-27-50-52(48-29-37-17-9-11-21-42(37)44-23-13-15-25-46(44)48)31-39(58)33-54(50)56(35)60(3,41-19-7-6-8-20-41)57-36(5-2)28-51-53(32-40(59)34-55(51)57)49-30-38-18-10-12-22-43(38)45-24-14-16-26-47(45)49;;;;;/h6-26,29-30,35-36,39-40,50-57H,4-5,27-28,31-34H2,1-3H3;2*1H3;2*1H;/q;2*-1;;;+4/p-2. The van der Waals surface area contributed by atoms with Gasteiger partial charge in [-0.15, -0.1) is 23.2 Å². The van der Waals surface area contributed by atoms with Crippen LogP contribution in [0.5, 0.6) is 0 Å². The summed E-state index contributed by atoms with van der Waals surface area (Å²) in [6.45, 7) is 7.96. The summed E-state index contributed by atoms with van der Waals surface area (Å²) in [5.41, 5.74) is 4.50. The van der Waals surface area contributed by atoms with E-state index in [4.69, 9.17) is 40.2 Å². The van der Waals surface area contributed by atoms with Gasteiger partial charge in [-0.2, -0.15) is 0 Å². The van der Waals surface area contributed by atoms with Crippen LogP contribution in [0, 0.1) is 50.4 Å². The molecule has 7 aromatic carbocycles. The third-order valence-corrected chi connectivity index (χ3v) is 24.4. The van der Waals surface area contributed by atoms with Crippen LogP contribution in [0.25, 0.3) is 43.1 Å². The first-order valence-electron chi connectivity index (χ1n) is 23.9. The van der Waals surface area contributed by atoms with E-state index in [9.17, 15) is 0 Å². The molecule has 0 nitrogen and oxygen atoms in total. The van der Waals surface area contributed by atoms with E-state index in [1.807, 2.05) is 0 Å². The van der Waals surface area contributed by atoms with Crippen molar-refractivity contribution < 1.29 is 20.8 Å². The van der Waals surface area contributed by atoms with Gasteiger partial charge in [-0.05, 0) is 151 Å². The first kappa shape index (κ1) is 49.3. The molecule has 65 heavy (non-hydrogen) atoms. The number of alkyl halides is 2. The molecular formula is C59H66Cl4SiZr. The molecule has 0 aromatic heterocycles. The average Bonchev–Trinajstić information content (AvgIpc) is 3.90. The van der Waals surface area contributed by atoms with Gasteiger partial charge >= 0.3 is 37.9 Å². The van der Waals surface area contributed by atoms with Crippen molar-refractivity contribution in [3.8, 4) is 0 Å². The summed E-state index contributed by atoms with van der Waals surface area (Å²) < 4.78 is 0. The van der Waals surface area contributed by atoms with E-state index in [1.165, 1.54) is 68.8 Å². The van der Waals surface area contributed by atoms with Gasteiger partial charge in [0.1, 0.15) is 0 Å². The summed E-state index contributed by atoms with van der Waals surface area (Å²) in [7, 11) is 7.59. The van der Waals surface area contributed by atoms with Crippen molar-refractivity contribution in [1.29, 1.82) is 0 Å². The molecule has 12 unspecified atom stereocenters. The van der Waals surface area contributed by atoms with E-state index in [0.717, 1.165) is 25.7 Å². The molecule has 0 N–H and O–H groups in total. The molecule has 0 radical (unpaired) electrons. The fourth-order valence-electron chi connectivity index (χ4n) is 15.4. The molecule has 0 spiro atoms. The summed E-state index contributed by atoms with van der Waals surface area (Å²) in [6, 6.07) is 53.9. The molecule has 4 aliphatic rings. The monoisotopic (exact) mass is 1030 g/mol. The van der Waals surface area contributed by atoms with Crippen LogP contribution in [0.15, 0.2) is 140 Å². The van der Waals surface area contributed by atoms with Crippen LogP contribution < -0.4 is 5.19 Å². The Hall–Kier alpha value is -2.16. The zero-order valence-electron chi connectivity index (χ0n) is 38.9. The van der Waals surface area contributed by atoms with E-state index in [2.05, 4.69) is 160 Å². The Labute approximate surface area is 420 Å². The fraction of sp³-hybridized carbons (Fsp3) is 0.390. The van der Waals surface area contributed by atoms with Crippen LogP contribution in [-0.2, 0) is 20.8 Å². The number of rotatable bonds is 7. The second-order valence-corrected chi connectivity index (χ2v) is 29.5. The number of fused-ring (bicyclic) bond motifs is 8. The number of benzene rings is 7. The topological polar surface area (TPSA) is 0 Å². The summed E-state index contributed by atoms with van der Waals surface area (Å²) in [5, 5.41) is 13.2. The van der Waals surface area contributed by atoms with Crippen molar-refractivity contribution in [1.82, 2.24) is 0 Å². The van der Waals surface area contributed by atoms with Crippen molar-refractivity contribution in [2.24, 2.45) is 35.5 Å². The van der Waals surface area contributed by atoms with Gasteiger partial charge in [0.2, 0.25) is 0 Å². The van der Waals surface area contributed by atoms with Crippen LogP contribution in [0.1, 0.15) is 88.2 Å². The maximum atomic E-state index is 7.67. The van der Waals surface area contributed by atoms with Gasteiger partial charge in [0.15, 0.2) is 0 Å². The first-order valence-corrected chi connectivity index (χ1v) is 33.7. The number of hydrogen-bond donors (Lipinski definition) is 0. The quantitative estimate of drug-likeness (QED) is 0.0646. The fourth-order valence-corrected chi connectivity index (χ4v) is 23.6. The zero-order chi connectivity index (χ0) is 43.4. The van der Waals surface area contributed by atoms with Crippen molar-refractivity contribution in [3.63, 3.8) is 0 Å². The molecule has 11 rings (SSSR count). The summed E-state index contributed by atoms with van der Waals surface area (Å²) >= 11 is 14.5. The molecule has 4 aliphatic carbocycles. The van der Waals surface area contributed by atoms with Gasteiger partial charge in [0.25, 0.3) is 0 Å². The molecule has 0 bridgehead atoms. The Morgan fingerprint density at radius 1 is 0.462 bits per heavy atom. The van der Waals surface area contributed by atoms with Gasteiger partial charge in [-0.1, -0.05) is 178 Å². The predicted molar refractivity (Wildman–Crippen MR) is 287 cm³/mol. The van der Waals surface area contributed by atoms with E-state index in [-0.39, 0.29) is 25.6 Å². The summed E-state index contributed by atoms with van der Waals surface area (Å²) in [6.07, 6.45) is 9.66. The normalized spacial score (nSPS) is 30.3. The molecule has 7 aromatic rings. The molecule has 6 heteroatoms. The average molecular weight is 1040 g/mol. The van der Waals surface area contributed by atoms with Gasteiger partial charge in [0.05, 0.1) is 8.07 Å². The van der Waals surface area contributed by atoms with Gasteiger partial charge < -0.3 is 14.9 Å². The Kier molecular flexibility index (Phi) is 15.8. The Morgan fingerprint density at radius 2 is 0.815 bits per heavy atom. The van der Waals surface area contributed by atoms with Crippen LogP contribution in [0.2, 0.25) is 17.6 Å². The van der Waals surface area contributed by atoms with Gasteiger partial charge in [-0.3, -0.25) is 0 Å². The Morgan fingerprint density at radius 3 is 1.22 bits per heavy atom. The third kappa shape index (κ3) is 8.67. The number of hydrogen-bond acceptors (Lipinski definition) is 0. The SMILES string of the molecule is CCC1CC2C(c3cc4ccccc4c4ccccc34)CC(Cl)CC2C1[Si](C)(c1ccccc1)C1C(CC)CC2C(c3cc4ccccc4c4ccccc34)CC(Cl)CC21.[CH3-].[CH3-].[Cl][Zr+2][Cl]. The predicted octanol–water partition coefficient (Wildman–Crippen LogP) is 18.3. The summed E-state index contributed by atoms with van der Waals surface area (Å²) in [5.74, 6) is 4.92. The Bertz CT molecular complexity index is 2560. The van der Waals surface area contributed by atoms with Crippen LogP contribution in [0.3, 0.4) is 0 Å². The second kappa shape index (κ2) is 20.8. The van der Waals surface area contributed by atoms with E-state index >= 15 is 0 Å². The molecule has 12 atom stereocenters. The maximum absolute atomic E-state index is 7.67. The van der Waals surface area contributed by atoms with E-state index in [1.54, 1.807) is 16.3 Å².